The Kier molecular flexibility index (Phi) is 5.85. The molecule has 1 aromatic carbocycles. The summed E-state index contributed by atoms with van der Waals surface area (Å²) in [5, 5.41) is 0.885. The third kappa shape index (κ3) is 3.88. The molecule has 24 heavy (non-hydrogen) atoms. The lowest BCUT2D eigenvalue weighted by Gasteiger charge is -2.16. The number of amides is 1. The monoisotopic (exact) mass is 352 g/mol. The van der Waals surface area contributed by atoms with Crippen LogP contribution in [0.3, 0.4) is 0 Å². The number of rotatable bonds is 4. The first-order chi connectivity index (χ1) is 11.1. The van der Waals surface area contributed by atoms with E-state index in [-0.39, 0.29) is 36.6 Å². The highest BCUT2D eigenvalue weighted by atomic mass is 35.5. The number of nitrogens with two attached hydrogens (primary N) is 1. The highest BCUT2D eigenvalue weighted by molar-refractivity contribution is 5.85. The first kappa shape index (κ1) is 18.3. The SMILES string of the molecule is CCc1cc(=O)oc2cc(OCC(=O)N3CC[C@H](N)C3)ccc12.Cl. The molecule has 130 valence electrons. The quantitative estimate of drug-likeness (QED) is 0.847. The van der Waals surface area contributed by atoms with Gasteiger partial charge < -0.3 is 19.8 Å². The summed E-state index contributed by atoms with van der Waals surface area (Å²) in [6.45, 7) is 3.19. The van der Waals surface area contributed by atoms with E-state index in [1.165, 1.54) is 6.07 Å². The van der Waals surface area contributed by atoms with Crippen LogP contribution in [0.1, 0.15) is 18.9 Å². The van der Waals surface area contributed by atoms with E-state index in [9.17, 15) is 9.59 Å². The number of likely N-dealkylation sites (tertiary alicyclic amines) is 1. The molecule has 1 atom stereocenters. The minimum absolute atomic E-state index is 0. The van der Waals surface area contributed by atoms with Crippen molar-refractivity contribution < 1.29 is 13.9 Å². The molecule has 3 rings (SSSR count). The number of carbonyl (C=O) groups excluding carboxylic acids is 1. The number of halogens is 1. The summed E-state index contributed by atoms with van der Waals surface area (Å²) in [5.41, 5.74) is 6.83. The van der Waals surface area contributed by atoms with Gasteiger partial charge in [-0.3, -0.25) is 4.79 Å². The Morgan fingerprint density at radius 1 is 1.42 bits per heavy atom. The van der Waals surface area contributed by atoms with E-state index in [1.54, 1.807) is 17.0 Å². The van der Waals surface area contributed by atoms with Gasteiger partial charge in [0.25, 0.3) is 5.91 Å². The molecule has 7 heteroatoms. The van der Waals surface area contributed by atoms with Gasteiger partial charge in [-0.2, -0.15) is 0 Å². The minimum atomic E-state index is -0.381. The van der Waals surface area contributed by atoms with Crippen LogP contribution < -0.4 is 16.1 Å². The molecular weight excluding hydrogens is 332 g/mol. The van der Waals surface area contributed by atoms with Gasteiger partial charge in [0.2, 0.25) is 0 Å². The maximum absolute atomic E-state index is 12.1. The van der Waals surface area contributed by atoms with Crippen molar-refractivity contribution >= 4 is 29.3 Å². The van der Waals surface area contributed by atoms with Crippen molar-refractivity contribution in [2.75, 3.05) is 19.7 Å². The lowest BCUT2D eigenvalue weighted by Crippen LogP contribution is -2.35. The number of hydrogen-bond acceptors (Lipinski definition) is 5. The van der Waals surface area contributed by atoms with E-state index in [0.29, 0.717) is 24.4 Å². The van der Waals surface area contributed by atoms with Crippen molar-refractivity contribution in [2.24, 2.45) is 5.73 Å². The molecule has 6 nitrogen and oxygen atoms in total. The van der Waals surface area contributed by atoms with Gasteiger partial charge in [0.1, 0.15) is 11.3 Å². The number of benzene rings is 1. The Labute approximate surface area is 146 Å². The van der Waals surface area contributed by atoms with Gasteiger partial charge >= 0.3 is 5.63 Å². The second-order valence-electron chi connectivity index (χ2n) is 5.78. The fourth-order valence-corrected chi connectivity index (χ4v) is 2.84. The molecule has 1 aliphatic heterocycles. The van der Waals surface area contributed by atoms with Crippen molar-refractivity contribution in [2.45, 2.75) is 25.8 Å². The van der Waals surface area contributed by atoms with E-state index >= 15 is 0 Å². The van der Waals surface area contributed by atoms with E-state index < -0.39 is 0 Å². The summed E-state index contributed by atoms with van der Waals surface area (Å²) >= 11 is 0. The van der Waals surface area contributed by atoms with Crippen molar-refractivity contribution in [3.8, 4) is 5.75 Å². The number of ether oxygens (including phenoxy) is 1. The van der Waals surface area contributed by atoms with Crippen LogP contribution in [0.4, 0.5) is 0 Å². The third-order valence-electron chi connectivity index (χ3n) is 4.12. The number of fused-ring (bicyclic) bond motifs is 1. The number of hydrogen-bond donors (Lipinski definition) is 1. The predicted molar refractivity (Wildman–Crippen MR) is 93.8 cm³/mol. The second-order valence-corrected chi connectivity index (χ2v) is 5.78. The van der Waals surface area contributed by atoms with Gasteiger partial charge in [-0.15, -0.1) is 12.4 Å². The Morgan fingerprint density at radius 3 is 2.88 bits per heavy atom. The highest BCUT2D eigenvalue weighted by Crippen LogP contribution is 2.23. The van der Waals surface area contributed by atoms with Crippen molar-refractivity contribution in [1.29, 1.82) is 0 Å². The number of carbonyl (C=O) groups is 1. The van der Waals surface area contributed by atoms with Crippen LogP contribution in [0.2, 0.25) is 0 Å². The van der Waals surface area contributed by atoms with Crippen molar-refractivity contribution in [3.05, 3.63) is 40.2 Å². The van der Waals surface area contributed by atoms with Crippen molar-refractivity contribution in [1.82, 2.24) is 4.90 Å². The van der Waals surface area contributed by atoms with E-state index in [4.69, 9.17) is 14.9 Å². The molecule has 0 bridgehead atoms. The Morgan fingerprint density at radius 2 is 2.21 bits per heavy atom. The van der Waals surface area contributed by atoms with Gasteiger partial charge in [-0.1, -0.05) is 6.92 Å². The fourth-order valence-electron chi connectivity index (χ4n) is 2.84. The molecule has 1 amide bonds. The molecule has 2 N–H and O–H groups in total. The Bertz CT molecular complexity index is 790. The van der Waals surface area contributed by atoms with Crippen LogP contribution in [0.25, 0.3) is 11.0 Å². The summed E-state index contributed by atoms with van der Waals surface area (Å²) in [5.74, 6) is 0.424. The molecule has 0 aliphatic carbocycles. The van der Waals surface area contributed by atoms with E-state index in [0.717, 1.165) is 23.8 Å². The van der Waals surface area contributed by atoms with Crippen LogP contribution in [0.5, 0.6) is 5.75 Å². The summed E-state index contributed by atoms with van der Waals surface area (Å²) in [7, 11) is 0. The first-order valence-corrected chi connectivity index (χ1v) is 7.79. The minimum Gasteiger partial charge on any atom is -0.484 e. The fraction of sp³-hybridized carbons (Fsp3) is 0.412. The van der Waals surface area contributed by atoms with Crippen LogP contribution in [0, 0.1) is 0 Å². The molecule has 0 saturated carbocycles. The largest absolute Gasteiger partial charge is 0.484 e. The molecule has 1 fully saturated rings. The zero-order chi connectivity index (χ0) is 16.4. The van der Waals surface area contributed by atoms with E-state index in [2.05, 4.69) is 0 Å². The predicted octanol–water partition coefficient (Wildman–Crippen LogP) is 1.72. The van der Waals surface area contributed by atoms with Crippen LogP contribution in [0.15, 0.2) is 33.5 Å². The van der Waals surface area contributed by atoms with Crippen LogP contribution in [-0.4, -0.2) is 36.5 Å². The summed E-state index contributed by atoms with van der Waals surface area (Å²) in [6, 6.07) is 6.84. The average Bonchev–Trinajstić information content (AvgIpc) is 2.98. The zero-order valence-electron chi connectivity index (χ0n) is 13.5. The maximum atomic E-state index is 12.1. The molecule has 2 heterocycles. The molecule has 1 aromatic heterocycles. The zero-order valence-corrected chi connectivity index (χ0v) is 14.3. The molecule has 0 unspecified atom stereocenters. The third-order valence-corrected chi connectivity index (χ3v) is 4.12. The first-order valence-electron chi connectivity index (χ1n) is 7.79. The second kappa shape index (κ2) is 7.68. The van der Waals surface area contributed by atoms with Crippen molar-refractivity contribution in [3.63, 3.8) is 0 Å². The molecule has 1 aliphatic rings. The normalized spacial score (nSPS) is 16.9. The Balaban J connectivity index is 0.00000208. The van der Waals surface area contributed by atoms with Gasteiger partial charge in [-0.05, 0) is 30.5 Å². The highest BCUT2D eigenvalue weighted by Gasteiger charge is 2.23. The van der Waals surface area contributed by atoms with Crippen LogP contribution >= 0.6 is 12.4 Å². The topological polar surface area (TPSA) is 85.8 Å². The van der Waals surface area contributed by atoms with Gasteiger partial charge in [0.05, 0.1) is 0 Å². The lowest BCUT2D eigenvalue weighted by atomic mass is 10.1. The molecular formula is C17H21ClN2O4. The van der Waals surface area contributed by atoms with Crippen LogP contribution in [-0.2, 0) is 11.2 Å². The number of aryl methyl sites for hydroxylation is 1. The molecule has 0 spiro atoms. The molecule has 1 saturated heterocycles. The average molecular weight is 353 g/mol. The molecule has 2 aromatic rings. The Hall–Kier alpha value is -2.05. The van der Waals surface area contributed by atoms with Gasteiger partial charge in [0, 0.05) is 36.7 Å². The lowest BCUT2D eigenvalue weighted by molar-refractivity contribution is -0.132. The maximum Gasteiger partial charge on any atom is 0.336 e. The van der Waals surface area contributed by atoms with E-state index in [1.807, 2.05) is 13.0 Å². The summed E-state index contributed by atoms with van der Waals surface area (Å²) in [4.78, 5) is 25.3. The summed E-state index contributed by atoms with van der Waals surface area (Å²) < 4.78 is 10.8. The smallest absolute Gasteiger partial charge is 0.336 e. The van der Waals surface area contributed by atoms with Gasteiger partial charge in [-0.25, -0.2) is 4.79 Å². The number of nitrogens with zero attached hydrogens (tertiary/aromatic N) is 1. The molecule has 0 radical (unpaired) electrons. The standard InChI is InChI=1S/C17H20N2O4.ClH/c1-2-11-7-17(21)23-15-8-13(3-4-14(11)15)22-10-16(20)19-6-5-12(18)9-19;/h3-4,7-8,12H,2,5-6,9-10,18H2,1H3;1H/t12-;/m0./s1. The van der Waals surface area contributed by atoms with Gasteiger partial charge in [0.15, 0.2) is 6.61 Å². The summed E-state index contributed by atoms with van der Waals surface area (Å²) in [6.07, 6.45) is 1.57.